The number of piperidine rings is 1. The van der Waals surface area contributed by atoms with Crippen LogP contribution >= 0.6 is 0 Å². The molecule has 1 aliphatic heterocycles. The number of aliphatic imine (C=N–C) groups is 1. The number of aromatic amines is 1. The van der Waals surface area contributed by atoms with Crippen molar-refractivity contribution in [1.82, 2.24) is 25.1 Å². The van der Waals surface area contributed by atoms with Crippen molar-refractivity contribution in [3.63, 3.8) is 0 Å². The summed E-state index contributed by atoms with van der Waals surface area (Å²) in [7, 11) is 6.10. The molecule has 0 radical (unpaired) electrons. The van der Waals surface area contributed by atoms with Crippen molar-refractivity contribution in [1.29, 1.82) is 0 Å². The van der Waals surface area contributed by atoms with Gasteiger partial charge in [-0.1, -0.05) is 30.3 Å². The first-order chi connectivity index (χ1) is 13.2. The Balaban J connectivity index is 1.47. The van der Waals surface area contributed by atoms with Gasteiger partial charge in [-0.05, 0) is 50.9 Å². The summed E-state index contributed by atoms with van der Waals surface area (Å²) in [6.45, 7) is 4.11. The van der Waals surface area contributed by atoms with E-state index in [-0.39, 0.29) is 0 Å². The fourth-order valence-corrected chi connectivity index (χ4v) is 3.63. The van der Waals surface area contributed by atoms with Crippen LogP contribution in [0.1, 0.15) is 25.1 Å². The van der Waals surface area contributed by atoms with Crippen LogP contribution < -0.4 is 5.32 Å². The second-order valence-corrected chi connectivity index (χ2v) is 7.47. The molecule has 3 rings (SSSR count). The highest BCUT2D eigenvalue weighted by molar-refractivity contribution is 5.79. The first kappa shape index (κ1) is 19.4. The van der Waals surface area contributed by atoms with E-state index in [2.05, 4.69) is 56.3 Å². The van der Waals surface area contributed by atoms with Gasteiger partial charge in [0.25, 0.3) is 0 Å². The van der Waals surface area contributed by atoms with Gasteiger partial charge in [-0.25, -0.2) is 4.98 Å². The molecule has 1 aromatic heterocycles. The van der Waals surface area contributed by atoms with Gasteiger partial charge in [-0.15, -0.1) is 0 Å². The maximum absolute atomic E-state index is 4.53. The van der Waals surface area contributed by atoms with Gasteiger partial charge in [0.2, 0.25) is 0 Å². The van der Waals surface area contributed by atoms with E-state index in [1.54, 1.807) is 0 Å². The molecule has 1 fully saturated rings. The maximum Gasteiger partial charge on any atom is 0.193 e. The Kier molecular flexibility index (Phi) is 6.87. The highest BCUT2D eigenvalue weighted by Gasteiger charge is 2.16. The SMILES string of the molecule is CN=C(NCCC1CCN(C)CC1)N(C)Cc1ncc(-c2ccccc2)[nH]1. The van der Waals surface area contributed by atoms with Crippen molar-refractivity contribution >= 4 is 5.96 Å². The third-order valence-corrected chi connectivity index (χ3v) is 5.35. The van der Waals surface area contributed by atoms with E-state index >= 15 is 0 Å². The van der Waals surface area contributed by atoms with Crippen LogP contribution in [0.15, 0.2) is 41.5 Å². The first-order valence-electron chi connectivity index (χ1n) is 9.85. The van der Waals surface area contributed by atoms with Gasteiger partial charge in [-0.2, -0.15) is 0 Å². The van der Waals surface area contributed by atoms with E-state index in [1.165, 1.54) is 32.4 Å². The molecule has 2 heterocycles. The smallest absolute Gasteiger partial charge is 0.193 e. The van der Waals surface area contributed by atoms with E-state index in [1.807, 2.05) is 31.4 Å². The van der Waals surface area contributed by atoms with Crippen LogP contribution in [-0.4, -0.2) is 66.5 Å². The van der Waals surface area contributed by atoms with Gasteiger partial charge in [0, 0.05) is 20.6 Å². The average molecular weight is 369 g/mol. The van der Waals surface area contributed by atoms with Crippen LogP contribution in [-0.2, 0) is 6.54 Å². The minimum absolute atomic E-state index is 0.695. The van der Waals surface area contributed by atoms with Gasteiger partial charge in [0.1, 0.15) is 5.82 Å². The number of guanidine groups is 1. The summed E-state index contributed by atoms with van der Waals surface area (Å²) < 4.78 is 0. The van der Waals surface area contributed by atoms with E-state index < -0.39 is 0 Å². The molecule has 0 amide bonds. The zero-order chi connectivity index (χ0) is 19.1. The molecular weight excluding hydrogens is 336 g/mol. The Morgan fingerprint density at radius 1 is 1.30 bits per heavy atom. The molecule has 0 saturated carbocycles. The highest BCUT2D eigenvalue weighted by Crippen LogP contribution is 2.19. The van der Waals surface area contributed by atoms with Gasteiger partial charge < -0.3 is 20.1 Å². The summed E-state index contributed by atoms with van der Waals surface area (Å²) in [6.07, 6.45) is 5.72. The number of rotatable bonds is 6. The molecule has 0 unspecified atom stereocenters. The second-order valence-electron chi connectivity index (χ2n) is 7.47. The lowest BCUT2D eigenvalue weighted by Gasteiger charge is -2.29. The number of imidazole rings is 1. The lowest BCUT2D eigenvalue weighted by atomic mass is 9.94. The topological polar surface area (TPSA) is 59.6 Å². The van der Waals surface area contributed by atoms with Gasteiger partial charge >= 0.3 is 0 Å². The molecule has 6 heteroatoms. The molecule has 1 saturated heterocycles. The van der Waals surface area contributed by atoms with Crippen LogP contribution in [0.5, 0.6) is 0 Å². The minimum atomic E-state index is 0.695. The minimum Gasteiger partial charge on any atom is -0.356 e. The van der Waals surface area contributed by atoms with Crippen LogP contribution in [0.4, 0.5) is 0 Å². The first-order valence-corrected chi connectivity index (χ1v) is 9.85. The summed E-state index contributed by atoms with van der Waals surface area (Å²) in [5.41, 5.74) is 2.20. The number of hydrogen-bond donors (Lipinski definition) is 2. The third kappa shape index (κ3) is 5.57. The standard InChI is InChI=1S/C21H32N6/c1-22-21(23-12-9-17-10-13-26(2)14-11-17)27(3)16-20-24-15-19(25-20)18-7-5-4-6-8-18/h4-8,15,17H,9-14,16H2,1-3H3,(H,22,23)(H,24,25). The van der Waals surface area contributed by atoms with Crippen molar-refractivity contribution in [2.45, 2.75) is 25.8 Å². The summed E-state index contributed by atoms with van der Waals surface area (Å²) in [4.78, 5) is 16.9. The van der Waals surface area contributed by atoms with E-state index in [0.29, 0.717) is 6.54 Å². The largest absolute Gasteiger partial charge is 0.356 e. The Morgan fingerprint density at radius 2 is 2.04 bits per heavy atom. The Labute approximate surface area is 162 Å². The van der Waals surface area contributed by atoms with E-state index in [9.17, 15) is 0 Å². The summed E-state index contributed by atoms with van der Waals surface area (Å²) >= 11 is 0. The van der Waals surface area contributed by atoms with Gasteiger partial charge in [0.05, 0.1) is 18.4 Å². The molecular formula is C21H32N6. The van der Waals surface area contributed by atoms with Crippen LogP contribution in [0, 0.1) is 5.92 Å². The number of nitrogens with zero attached hydrogens (tertiary/aromatic N) is 4. The normalized spacial score (nSPS) is 16.5. The number of hydrogen-bond acceptors (Lipinski definition) is 3. The average Bonchev–Trinajstić information content (AvgIpc) is 3.16. The summed E-state index contributed by atoms with van der Waals surface area (Å²) in [5.74, 6) is 2.69. The van der Waals surface area contributed by atoms with Crippen LogP contribution in [0.3, 0.4) is 0 Å². The molecule has 146 valence electrons. The van der Waals surface area contributed by atoms with Crippen molar-refractivity contribution in [3.05, 3.63) is 42.4 Å². The predicted molar refractivity (Wildman–Crippen MR) is 112 cm³/mol. The molecule has 0 aliphatic carbocycles. The van der Waals surface area contributed by atoms with Crippen molar-refractivity contribution < 1.29 is 0 Å². The zero-order valence-electron chi connectivity index (χ0n) is 16.8. The predicted octanol–water partition coefficient (Wildman–Crippen LogP) is 2.82. The van der Waals surface area contributed by atoms with E-state index in [4.69, 9.17) is 0 Å². The van der Waals surface area contributed by atoms with Gasteiger partial charge in [-0.3, -0.25) is 4.99 Å². The monoisotopic (exact) mass is 368 g/mol. The molecule has 0 bridgehead atoms. The number of nitrogens with one attached hydrogen (secondary N) is 2. The molecule has 0 spiro atoms. The van der Waals surface area contributed by atoms with Crippen molar-refractivity contribution in [3.8, 4) is 11.3 Å². The molecule has 6 nitrogen and oxygen atoms in total. The number of benzene rings is 1. The highest BCUT2D eigenvalue weighted by atomic mass is 15.3. The molecule has 1 aromatic carbocycles. The maximum atomic E-state index is 4.53. The quantitative estimate of drug-likeness (QED) is 0.608. The molecule has 1 aliphatic rings. The van der Waals surface area contributed by atoms with Crippen molar-refractivity contribution in [2.24, 2.45) is 10.9 Å². The lowest BCUT2D eigenvalue weighted by Crippen LogP contribution is -2.40. The fraction of sp³-hybridized carbons (Fsp3) is 0.524. The molecule has 2 aromatic rings. The third-order valence-electron chi connectivity index (χ3n) is 5.35. The zero-order valence-corrected chi connectivity index (χ0v) is 16.8. The second kappa shape index (κ2) is 9.55. The van der Waals surface area contributed by atoms with E-state index in [0.717, 1.165) is 35.5 Å². The molecule has 2 N–H and O–H groups in total. The fourth-order valence-electron chi connectivity index (χ4n) is 3.63. The lowest BCUT2D eigenvalue weighted by molar-refractivity contribution is 0.212. The number of aromatic nitrogens is 2. The Hall–Kier alpha value is -2.34. The molecule has 27 heavy (non-hydrogen) atoms. The summed E-state index contributed by atoms with van der Waals surface area (Å²) in [6, 6.07) is 10.3. The Morgan fingerprint density at radius 3 is 2.74 bits per heavy atom. The summed E-state index contributed by atoms with van der Waals surface area (Å²) in [5, 5.41) is 3.51. The van der Waals surface area contributed by atoms with Crippen molar-refractivity contribution in [2.75, 3.05) is 40.8 Å². The molecule has 0 atom stereocenters. The number of likely N-dealkylation sites (tertiary alicyclic amines) is 1. The van der Waals surface area contributed by atoms with Crippen LogP contribution in [0.25, 0.3) is 11.3 Å². The van der Waals surface area contributed by atoms with Gasteiger partial charge in [0.15, 0.2) is 5.96 Å². The Bertz CT molecular complexity index is 715. The van der Waals surface area contributed by atoms with Crippen LogP contribution in [0.2, 0.25) is 0 Å². The number of H-pyrrole nitrogens is 1.